The molecule has 3 heterocycles. The Bertz CT molecular complexity index is 1450. The fraction of sp³-hybridized carbons (Fsp3) is 0.393. The van der Waals surface area contributed by atoms with Crippen LogP contribution in [0.2, 0.25) is 5.02 Å². The van der Waals surface area contributed by atoms with E-state index in [1.54, 1.807) is 6.07 Å². The molecule has 10 heteroatoms. The molecule has 0 spiro atoms. The van der Waals surface area contributed by atoms with Gasteiger partial charge in [0.25, 0.3) is 5.92 Å². The fourth-order valence-electron chi connectivity index (χ4n) is 6.50. The number of anilines is 4. The van der Waals surface area contributed by atoms with E-state index in [1.807, 2.05) is 49.2 Å². The lowest BCUT2D eigenvalue weighted by Crippen LogP contribution is -2.39. The summed E-state index contributed by atoms with van der Waals surface area (Å²) in [5.41, 5.74) is 4.56. The Morgan fingerprint density at radius 2 is 2.03 bits per heavy atom. The molecule has 0 amide bonds. The van der Waals surface area contributed by atoms with Crippen LogP contribution < -0.4 is 10.2 Å². The third kappa shape index (κ3) is 4.37. The molecular formula is C28H28ClF2N5O2. The van der Waals surface area contributed by atoms with Crippen LogP contribution in [-0.2, 0) is 23.2 Å². The summed E-state index contributed by atoms with van der Waals surface area (Å²) in [6.07, 6.45) is 1.07. The fourth-order valence-corrected chi connectivity index (χ4v) is 6.70. The molecular weight excluding hydrogens is 512 g/mol. The second-order valence-electron chi connectivity index (χ2n) is 11.1. The summed E-state index contributed by atoms with van der Waals surface area (Å²) >= 11 is 6.56. The smallest absolute Gasteiger partial charge is 0.304 e. The van der Waals surface area contributed by atoms with Crippen LogP contribution in [0.4, 0.5) is 31.9 Å². The van der Waals surface area contributed by atoms with Crippen LogP contribution in [0.1, 0.15) is 47.9 Å². The van der Waals surface area contributed by atoms with E-state index in [1.165, 1.54) is 6.20 Å². The summed E-state index contributed by atoms with van der Waals surface area (Å²) < 4.78 is 29.1. The summed E-state index contributed by atoms with van der Waals surface area (Å²) in [6.45, 7) is 3.64. The summed E-state index contributed by atoms with van der Waals surface area (Å²) in [4.78, 5) is 24.7. The number of hydrogen-bond acceptors (Lipinski definition) is 6. The molecule has 2 atom stereocenters. The summed E-state index contributed by atoms with van der Waals surface area (Å²) in [5.74, 6) is -3.05. The molecule has 0 bridgehead atoms. The van der Waals surface area contributed by atoms with Gasteiger partial charge in [-0.05, 0) is 47.5 Å². The van der Waals surface area contributed by atoms with E-state index in [4.69, 9.17) is 16.6 Å². The van der Waals surface area contributed by atoms with Crippen molar-refractivity contribution in [3.05, 3.63) is 69.9 Å². The zero-order valence-electron chi connectivity index (χ0n) is 21.1. The van der Waals surface area contributed by atoms with Gasteiger partial charge in [0, 0.05) is 55.2 Å². The van der Waals surface area contributed by atoms with Crippen molar-refractivity contribution < 1.29 is 18.7 Å². The first-order chi connectivity index (χ1) is 18.0. The number of nitrogens with one attached hydrogen (secondary N) is 1. The Labute approximate surface area is 224 Å². The maximum Gasteiger partial charge on any atom is 0.304 e. The third-order valence-electron chi connectivity index (χ3n) is 7.86. The van der Waals surface area contributed by atoms with E-state index in [-0.39, 0.29) is 31.1 Å². The molecule has 1 aliphatic carbocycles. The van der Waals surface area contributed by atoms with Gasteiger partial charge in [0.1, 0.15) is 5.02 Å². The van der Waals surface area contributed by atoms with E-state index >= 15 is 0 Å². The normalized spacial score (nSPS) is 23.6. The number of carboxylic acids is 1. The van der Waals surface area contributed by atoms with Gasteiger partial charge in [-0.25, -0.2) is 13.8 Å². The molecule has 7 nitrogen and oxygen atoms in total. The molecule has 3 aromatic rings. The number of alkyl halides is 2. The van der Waals surface area contributed by atoms with Crippen molar-refractivity contribution in [1.29, 1.82) is 0 Å². The summed E-state index contributed by atoms with van der Waals surface area (Å²) in [5, 5.41) is 13.1. The molecule has 3 aliphatic rings. The van der Waals surface area contributed by atoms with Gasteiger partial charge in [0.05, 0.1) is 12.6 Å². The molecule has 6 rings (SSSR count). The monoisotopic (exact) mass is 539 g/mol. The first-order valence-corrected chi connectivity index (χ1v) is 13.0. The lowest BCUT2D eigenvalue weighted by Gasteiger charge is -2.39. The van der Waals surface area contributed by atoms with Gasteiger partial charge >= 0.3 is 5.97 Å². The third-order valence-corrected chi connectivity index (χ3v) is 8.12. The van der Waals surface area contributed by atoms with Gasteiger partial charge in [-0.1, -0.05) is 36.7 Å². The van der Waals surface area contributed by atoms with Crippen molar-refractivity contribution in [3.63, 3.8) is 0 Å². The highest BCUT2D eigenvalue weighted by atomic mass is 35.5. The molecule has 0 saturated heterocycles. The first kappa shape index (κ1) is 25.0. The maximum atomic E-state index is 14.6. The summed E-state index contributed by atoms with van der Waals surface area (Å²) in [6, 6.07) is 11.4. The van der Waals surface area contributed by atoms with E-state index in [0.29, 0.717) is 41.7 Å². The van der Waals surface area contributed by atoms with E-state index in [0.717, 1.165) is 22.4 Å². The van der Waals surface area contributed by atoms with Crippen molar-refractivity contribution in [2.24, 2.45) is 0 Å². The van der Waals surface area contributed by atoms with Crippen LogP contribution in [0.5, 0.6) is 0 Å². The number of benzene rings is 2. The Hall–Kier alpha value is -3.30. The predicted molar refractivity (Wildman–Crippen MR) is 142 cm³/mol. The van der Waals surface area contributed by atoms with E-state index in [2.05, 4.69) is 15.2 Å². The Kier molecular flexibility index (Phi) is 5.84. The molecule has 2 N–H and O–H groups in total. The molecule has 38 heavy (non-hydrogen) atoms. The van der Waals surface area contributed by atoms with Crippen LogP contribution in [-0.4, -0.2) is 52.0 Å². The number of fused-ring (bicyclic) bond motifs is 1. The Morgan fingerprint density at radius 3 is 2.82 bits per heavy atom. The molecule has 2 unspecified atom stereocenters. The number of aromatic nitrogens is 2. The number of aliphatic carboxylic acids is 1. The zero-order valence-corrected chi connectivity index (χ0v) is 21.9. The lowest BCUT2D eigenvalue weighted by atomic mass is 9.76. The van der Waals surface area contributed by atoms with Crippen molar-refractivity contribution >= 4 is 40.7 Å². The number of carboxylic acid groups (broad SMARTS) is 1. The van der Waals surface area contributed by atoms with Crippen molar-refractivity contribution in [1.82, 2.24) is 14.9 Å². The first-order valence-electron chi connectivity index (χ1n) is 12.6. The van der Waals surface area contributed by atoms with Crippen molar-refractivity contribution in [3.8, 4) is 0 Å². The quantitative estimate of drug-likeness (QED) is 0.420. The molecule has 0 radical (unpaired) electrons. The Balaban J connectivity index is 1.35. The standard InChI is InChI=1S/C28H28ClF2N5O2/c1-27(11-23(37)38)15-36(22-6-4-3-5-20(22)27)25-21(29)12-32-26(34-25)33-19-7-16-9-28(30,31)10-18-14-35(2)13-17(8-19)24(16)18/h3-8,12,18H,9-11,13-15H2,1-2H3,(H,37,38)(H,32,33,34). The van der Waals surface area contributed by atoms with E-state index < -0.39 is 17.3 Å². The van der Waals surface area contributed by atoms with Gasteiger partial charge in [-0.3, -0.25) is 4.79 Å². The largest absolute Gasteiger partial charge is 0.481 e. The number of carbonyl (C=O) groups is 1. The maximum absolute atomic E-state index is 14.6. The van der Waals surface area contributed by atoms with Gasteiger partial charge in [-0.2, -0.15) is 4.98 Å². The number of nitrogens with zero attached hydrogens (tertiary/aromatic N) is 4. The minimum atomic E-state index is -2.73. The average Bonchev–Trinajstić information content (AvgIpc) is 3.10. The van der Waals surface area contributed by atoms with Gasteiger partial charge in [0.15, 0.2) is 5.82 Å². The zero-order chi connectivity index (χ0) is 26.8. The van der Waals surface area contributed by atoms with Crippen molar-refractivity contribution in [2.75, 3.05) is 30.4 Å². The number of para-hydroxylation sites is 1. The molecule has 2 aliphatic heterocycles. The highest BCUT2D eigenvalue weighted by Gasteiger charge is 2.43. The molecule has 0 saturated carbocycles. The van der Waals surface area contributed by atoms with Crippen LogP contribution in [0.15, 0.2) is 42.6 Å². The minimum Gasteiger partial charge on any atom is -0.481 e. The average molecular weight is 540 g/mol. The number of hydrogen-bond donors (Lipinski definition) is 2. The minimum absolute atomic E-state index is 0.0354. The van der Waals surface area contributed by atoms with Gasteiger partial charge in [0.2, 0.25) is 5.95 Å². The molecule has 1 aromatic heterocycles. The molecule has 2 aromatic carbocycles. The molecule has 0 fully saturated rings. The SMILES string of the molecule is CN1Cc2cc(Nc3ncc(Cl)c(N4CC(C)(CC(=O)O)c5ccccc54)n3)cc3c2C(C1)CC(F)(F)C3. The highest BCUT2D eigenvalue weighted by Crippen LogP contribution is 2.48. The van der Waals surface area contributed by atoms with Crippen LogP contribution in [0.3, 0.4) is 0 Å². The lowest BCUT2D eigenvalue weighted by molar-refractivity contribution is -0.138. The van der Waals surface area contributed by atoms with Crippen LogP contribution in [0, 0.1) is 0 Å². The van der Waals surface area contributed by atoms with E-state index in [9.17, 15) is 18.7 Å². The number of rotatable bonds is 5. The number of halogens is 3. The predicted octanol–water partition coefficient (Wildman–Crippen LogP) is 5.87. The molecule has 198 valence electrons. The summed E-state index contributed by atoms with van der Waals surface area (Å²) in [7, 11) is 1.95. The second-order valence-corrected chi connectivity index (χ2v) is 11.5. The highest BCUT2D eigenvalue weighted by molar-refractivity contribution is 6.33. The Morgan fingerprint density at radius 1 is 1.26 bits per heavy atom. The number of likely N-dealkylation sites (N-methyl/N-ethyl adjacent to an activating group) is 1. The van der Waals surface area contributed by atoms with Crippen molar-refractivity contribution in [2.45, 2.75) is 50.0 Å². The van der Waals surface area contributed by atoms with Gasteiger partial charge in [-0.15, -0.1) is 0 Å². The van der Waals surface area contributed by atoms with Gasteiger partial charge < -0.3 is 20.2 Å². The van der Waals surface area contributed by atoms with Crippen LogP contribution >= 0.6 is 11.6 Å². The second kappa shape index (κ2) is 8.88. The van der Waals surface area contributed by atoms with Crippen LogP contribution in [0.25, 0.3) is 0 Å². The topological polar surface area (TPSA) is 81.6 Å².